The van der Waals surface area contributed by atoms with Gasteiger partial charge in [-0.15, -0.1) is 17.8 Å². The molecule has 0 heterocycles. The van der Waals surface area contributed by atoms with E-state index in [9.17, 15) is 0 Å². The predicted octanol–water partition coefficient (Wildman–Crippen LogP) is 0.590. The van der Waals surface area contributed by atoms with E-state index < -0.39 is 0 Å². The molecule has 0 aromatic carbocycles. The van der Waals surface area contributed by atoms with Crippen molar-refractivity contribution in [3.63, 3.8) is 0 Å². The van der Waals surface area contributed by atoms with Crippen LogP contribution in [0.1, 0.15) is 81.1 Å². The predicted molar refractivity (Wildman–Crippen MR) is 103 cm³/mol. The summed E-state index contributed by atoms with van der Waals surface area (Å²) in [6, 6.07) is 0. The second kappa shape index (κ2) is 16.3. The van der Waals surface area contributed by atoms with Crippen LogP contribution in [0.15, 0.2) is 0 Å². The minimum Gasteiger partial charge on any atom is -1.00 e. The second-order valence-corrected chi connectivity index (χ2v) is 11.5. The van der Waals surface area contributed by atoms with Crippen molar-refractivity contribution in [3.8, 4) is 0 Å². The largest absolute Gasteiger partial charge is 2.00 e. The summed E-state index contributed by atoms with van der Waals surface area (Å²) in [5, 5.41) is 0. The fourth-order valence-corrected chi connectivity index (χ4v) is 5.48. The molecule has 23 heavy (non-hydrogen) atoms. The minimum atomic E-state index is 0. The van der Waals surface area contributed by atoms with Crippen molar-refractivity contribution in [2.45, 2.75) is 98.1 Å². The molecule has 0 radical (unpaired) electrons. The minimum absolute atomic E-state index is 0. The topological polar surface area (TPSA) is 0 Å². The van der Waals surface area contributed by atoms with Gasteiger partial charge in [-0.1, -0.05) is 61.8 Å². The molecule has 3 unspecified atom stereocenters. The molecule has 0 N–H and O–H groups in total. The van der Waals surface area contributed by atoms with Gasteiger partial charge in [-0.3, -0.25) is 0 Å². The summed E-state index contributed by atoms with van der Waals surface area (Å²) in [5.74, 6) is 1.71. The molecule has 1 saturated carbocycles. The van der Waals surface area contributed by atoms with Gasteiger partial charge in [0.2, 0.25) is 0 Å². The first-order chi connectivity index (χ1) is 9.11. The van der Waals surface area contributed by atoms with Crippen LogP contribution in [-0.2, 0) is 21.7 Å². The van der Waals surface area contributed by atoms with Crippen LogP contribution in [0.5, 0.6) is 0 Å². The molecule has 5 heteroatoms. The Hall–Kier alpha value is 2.15. The summed E-state index contributed by atoms with van der Waals surface area (Å²) in [6.45, 7) is 18.8. The molecule has 0 amide bonds. The summed E-state index contributed by atoms with van der Waals surface area (Å²) in [6.07, 6.45) is 5.94. The van der Waals surface area contributed by atoms with E-state index in [0.717, 1.165) is 28.8 Å². The molecule has 1 aliphatic rings. The summed E-state index contributed by atoms with van der Waals surface area (Å²) in [5.41, 5.74) is 3.32. The Morgan fingerprint density at radius 1 is 0.913 bits per heavy atom. The van der Waals surface area contributed by atoms with Crippen LogP contribution in [0, 0.1) is 17.3 Å². The zero-order valence-corrected chi connectivity index (χ0v) is 21.8. The zero-order chi connectivity index (χ0) is 15.9. The van der Waals surface area contributed by atoms with Gasteiger partial charge in [0.25, 0.3) is 0 Å². The Morgan fingerprint density at radius 2 is 1.30 bits per heavy atom. The molecule has 0 nitrogen and oxygen atoms in total. The van der Waals surface area contributed by atoms with E-state index in [4.69, 9.17) is 0 Å². The van der Waals surface area contributed by atoms with Crippen molar-refractivity contribution in [2.75, 3.05) is 0 Å². The van der Waals surface area contributed by atoms with E-state index in [1.165, 1.54) is 34.3 Å². The van der Waals surface area contributed by atoms with Gasteiger partial charge in [0.15, 0.2) is 0 Å². The van der Waals surface area contributed by atoms with Crippen LogP contribution in [-0.4, -0.2) is 17.0 Å². The van der Waals surface area contributed by atoms with Gasteiger partial charge in [0.05, 0.1) is 0 Å². The van der Waals surface area contributed by atoms with Gasteiger partial charge in [-0.05, 0) is 53.5 Å². The van der Waals surface area contributed by atoms with Gasteiger partial charge in [0.1, 0.15) is 0 Å². The van der Waals surface area contributed by atoms with Crippen molar-refractivity contribution in [2.24, 2.45) is 17.3 Å². The molecule has 140 valence electrons. The van der Waals surface area contributed by atoms with Crippen LogP contribution in [0.3, 0.4) is 0 Å². The van der Waals surface area contributed by atoms with Crippen molar-refractivity contribution in [1.82, 2.24) is 0 Å². The number of halogens is 2. The van der Waals surface area contributed by atoms with Crippen molar-refractivity contribution in [3.05, 3.63) is 0 Å². The Kier molecular flexibility index (Phi) is 23.3. The number of hydrogen-bond acceptors (Lipinski definition) is 0. The fraction of sp³-hybridized carbons (Fsp3) is 1.00. The van der Waals surface area contributed by atoms with Crippen LogP contribution in [0.4, 0.5) is 0 Å². The third-order valence-electron chi connectivity index (χ3n) is 4.69. The maximum absolute atomic E-state index is 2.66. The molecule has 0 spiro atoms. The first-order valence-corrected chi connectivity index (χ1v) is 10.5. The molecule has 0 aromatic heterocycles. The van der Waals surface area contributed by atoms with Gasteiger partial charge < -0.3 is 24.8 Å². The molecular weight excluding hydrogens is 397 g/mol. The monoisotopic (exact) mass is 436 g/mol. The van der Waals surface area contributed by atoms with Crippen molar-refractivity contribution in [1.29, 1.82) is 0 Å². The third-order valence-corrected chi connectivity index (χ3v) is 6.32. The smallest absolute Gasteiger partial charge is 1.00 e. The Bertz CT molecular complexity index is 249. The maximum atomic E-state index is 2.66. The first kappa shape index (κ1) is 32.8. The summed E-state index contributed by atoms with van der Waals surface area (Å²) < 4.78 is 0. The maximum Gasteiger partial charge on any atom is 2.00 e. The van der Waals surface area contributed by atoms with E-state index in [0.29, 0.717) is 5.41 Å². The molecule has 0 aliphatic heterocycles. The number of hydrogen-bond donors (Lipinski definition) is 0. The average molecular weight is 437 g/mol. The fourth-order valence-electron chi connectivity index (χ4n) is 3.67. The van der Waals surface area contributed by atoms with Gasteiger partial charge in [0, 0.05) is 0 Å². The summed E-state index contributed by atoms with van der Waals surface area (Å²) in [7, 11) is 3.85. The molecule has 3 atom stereocenters. The Balaban J connectivity index is -0.000000232. The van der Waals surface area contributed by atoms with E-state index in [-0.39, 0.29) is 46.5 Å². The van der Waals surface area contributed by atoms with Crippen LogP contribution in [0.25, 0.3) is 0 Å². The van der Waals surface area contributed by atoms with Crippen LogP contribution in [0.2, 0.25) is 0 Å². The third kappa shape index (κ3) is 13.0. The molecular formula is C18H40Cl2P2Ti. The van der Waals surface area contributed by atoms with Crippen molar-refractivity contribution >= 4 is 17.8 Å². The van der Waals surface area contributed by atoms with E-state index in [2.05, 4.69) is 64.6 Å². The molecule has 0 aromatic rings. The quantitative estimate of drug-likeness (QED) is 0.447. The van der Waals surface area contributed by atoms with E-state index >= 15 is 0 Å². The molecule has 0 saturated heterocycles. The summed E-state index contributed by atoms with van der Waals surface area (Å²) in [4.78, 5) is 0. The molecule has 1 rings (SSSR count). The standard InChI is InChI=1S/C15H31P.C3H9P.2ClH.Ti/c1-11(2)15(12(3)4)9-7-8-14(10-15)16-13(5)6;1-3(2)4;;;/h11-14,16H,7-10H2,1-6H3;3H,4H2,1-2H3;2*1H;/q;;;;+2/p-2. The number of rotatable bonds is 4. The zero-order valence-electron chi connectivity index (χ0n) is 16.5. The van der Waals surface area contributed by atoms with Crippen LogP contribution >= 0.6 is 17.8 Å². The summed E-state index contributed by atoms with van der Waals surface area (Å²) >= 11 is 0. The normalized spacial score (nSPS) is 20.0. The molecule has 0 bridgehead atoms. The van der Waals surface area contributed by atoms with Gasteiger partial charge >= 0.3 is 21.7 Å². The van der Waals surface area contributed by atoms with Crippen LogP contribution < -0.4 is 24.8 Å². The Labute approximate surface area is 179 Å². The van der Waals surface area contributed by atoms with E-state index in [1.807, 2.05) is 0 Å². The van der Waals surface area contributed by atoms with E-state index in [1.54, 1.807) is 0 Å². The SMILES string of the molecule is CC(C)P.CC(C)PC1CCCC(C(C)C)(C(C)C)C1.[Cl-].[Cl-].[Ti+2]. The Morgan fingerprint density at radius 3 is 1.61 bits per heavy atom. The first-order valence-electron chi connectivity index (χ1n) is 8.63. The second-order valence-electron chi connectivity index (χ2n) is 7.90. The molecule has 1 fully saturated rings. The average Bonchev–Trinajstić information content (AvgIpc) is 2.26. The van der Waals surface area contributed by atoms with Crippen molar-refractivity contribution < 1.29 is 46.5 Å². The van der Waals surface area contributed by atoms with Gasteiger partial charge in [-0.2, -0.15) is 0 Å². The molecule has 1 aliphatic carbocycles. The van der Waals surface area contributed by atoms with Gasteiger partial charge in [-0.25, -0.2) is 0 Å².